The van der Waals surface area contributed by atoms with Gasteiger partial charge in [0.05, 0.1) is 11.8 Å². The van der Waals surface area contributed by atoms with Crippen molar-refractivity contribution >= 4 is 11.7 Å². The van der Waals surface area contributed by atoms with Crippen LogP contribution in [0.5, 0.6) is 0 Å². The van der Waals surface area contributed by atoms with Crippen LogP contribution >= 0.6 is 0 Å². The Labute approximate surface area is 125 Å². The van der Waals surface area contributed by atoms with E-state index in [9.17, 15) is 9.18 Å². The van der Waals surface area contributed by atoms with Crippen molar-refractivity contribution in [2.45, 2.75) is 52.0 Å². The molecule has 1 heterocycles. The zero-order chi connectivity index (χ0) is 15.2. The van der Waals surface area contributed by atoms with Crippen LogP contribution in [0.25, 0.3) is 0 Å². The molecule has 2 rings (SSSR count). The predicted molar refractivity (Wildman–Crippen MR) is 81.9 cm³/mol. The average Bonchev–Trinajstić information content (AvgIpc) is 2.66. The summed E-state index contributed by atoms with van der Waals surface area (Å²) in [6, 6.07) is 1.42. The Kier molecular flexibility index (Phi) is 5.53. The highest BCUT2D eigenvalue weighted by atomic mass is 19.1. The fraction of sp³-hybridized carbons (Fsp3) is 0.625. The summed E-state index contributed by atoms with van der Waals surface area (Å²) in [7, 11) is 0. The topological polar surface area (TPSA) is 54.0 Å². The van der Waals surface area contributed by atoms with E-state index >= 15 is 0 Å². The summed E-state index contributed by atoms with van der Waals surface area (Å²) in [6.45, 7) is 4.73. The minimum atomic E-state index is -0.490. The van der Waals surface area contributed by atoms with Crippen molar-refractivity contribution in [1.29, 1.82) is 0 Å². The Morgan fingerprint density at radius 2 is 2.14 bits per heavy atom. The van der Waals surface area contributed by atoms with Crippen LogP contribution in [0.2, 0.25) is 0 Å². The fourth-order valence-corrected chi connectivity index (χ4v) is 2.87. The van der Waals surface area contributed by atoms with Crippen LogP contribution in [0, 0.1) is 11.7 Å². The number of aromatic nitrogens is 1. The highest BCUT2D eigenvalue weighted by Gasteiger charge is 2.23. The van der Waals surface area contributed by atoms with Crippen molar-refractivity contribution in [3.8, 4) is 0 Å². The normalized spacial score (nSPS) is 22.4. The Morgan fingerprint density at radius 1 is 1.38 bits per heavy atom. The number of halogens is 1. The third-order valence-electron chi connectivity index (χ3n) is 4.12. The molecule has 1 aliphatic rings. The zero-order valence-corrected chi connectivity index (χ0v) is 12.8. The van der Waals surface area contributed by atoms with Crippen molar-refractivity contribution < 1.29 is 9.18 Å². The van der Waals surface area contributed by atoms with Crippen LogP contribution in [0.15, 0.2) is 12.3 Å². The maximum absolute atomic E-state index is 13.4. The van der Waals surface area contributed by atoms with E-state index in [1.54, 1.807) is 0 Å². The number of hydrogen-bond acceptors (Lipinski definition) is 3. The number of carbonyl (C=O) groups is 1. The minimum absolute atomic E-state index is 0.165. The number of anilines is 1. The van der Waals surface area contributed by atoms with E-state index in [2.05, 4.69) is 22.5 Å². The molecule has 0 radical (unpaired) electrons. The predicted octanol–water partition coefficient (Wildman–Crippen LogP) is 3.35. The first-order valence-electron chi connectivity index (χ1n) is 7.82. The third-order valence-corrected chi connectivity index (χ3v) is 4.12. The molecule has 4 nitrogen and oxygen atoms in total. The van der Waals surface area contributed by atoms with E-state index in [1.807, 2.05) is 6.92 Å². The summed E-state index contributed by atoms with van der Waals surface area (Å²) in [5.74, 6) is 0.172. The molecule has 0 bridgehead atoms. The van der Waals surface area contributed by atoms with Gasteiger partial charge in [-0.25, -0.2) is 9.37 Å². The molecule has 2 N–H and O–H groups in total. The number of carbonyl (C=O) groups excluding carboxylic acids is 1. The number of pyridine rings is 1. The van der Waals surface area contributed by atoms with Crippen molar-refractivity contribution in [2.75, 3.05) is 11.9 Å². The smallest absolute Gasteiger partial charge is 0.255 e. The summed E-state index contributed by atoms with van der Waals surface area (Å²) in [5.41, 5.74) is 0.285. The van der Waals surface area contributed by atoms with Crippen molar-refractivity contribution in [3.05, 3.63) is 23.6 Å². The Balaban J connectivity index is 2.13. The molecule has 0 aromatic carbocycles. The van der Waals surface area contributed by atoms with E-state index in [-0.39, 0.29) is 17.5 Å². The number of nitrogens with zero attached hydrogens (tertiary/aromatic N) is 1. The standard InChI is InChI=1S/C16H24FN3O/c1-3-18-15-13(9-12(17)10-19-15)16(21)20-14-8-6-4-5-7-11(14)2/h9-11,14H,3-8H2,1-2H3,(H,18,19)(H,20,21). The van der Waals surface area contributed by atoms with Crippen LogP contribution in [-0.4, -0.2) is 23.5 Å². The number of rotatable bonds is 4. The highest BCUT2D eigenvalue weighted by molar-refractivity contribution is 5.98. The molecular weight excluding hydrogens is 269 g/mol. The van der Waals surface area contributed by atoms with Gasteiger partial charge >= 0.3 is 0 Å². The molecule has 1 amide bonds. The van der Waals surface area contributed by atoms with E-state index in [1.165, 1.54) is 18.9 Å². The van der Waals surface area contributed by atoms with E-state index in [0.717, 1.165) is 25.5 Å². The molecule has 1 aliphatic carbocycles. The maximum atomic E-state index is 13.4. The van der Waals surface area contributed by atoms with Gasteiger partial charge in [-0.15, -0.1) is 0 Å². The quantitative estimate of drug-likeness (QED) is 0.837. The van der Waals surface area contributed by atoms with Crippen molar-refractivity contribution in [3.63, 3.8) is 0 Å². The summed E-state index contributed by atoms with van der Waals surface area (Å²) in [5, 5.41) is 6.07. The van der Waals surface area contributed by atoms with Crippen LogP contribution in [0.4, 0.5) is 10.2 Å². The van der Waals surface area contributed by atoms with E-state index in [0.29, 0.717) is 18.3 Å². The van der Waals surface area contributed by atoms with Gasteiger partial charge in [0, 0.05) is 12.6 Å². The van der Waals surface area contributed by atoms with Gasteiger partial charge in [-0.2, -0.15) is 0 Å². The molecule has 0 aliphatic heterocycles. The lowest BCUT2D eigenvalue weighted by Crippen LogP contribution is -2.39. The second kappa shape index (κ2) is 7.38. The molecule has 1 fully saturated rings. The highest BCUT2D eigenvalue weighted by Crippen LogP contribution is 2.24. The van der Waals surface area contributed by atoms with Crippen LogP contribution < -0.4 is 10.6 Å². The first-order valence-corrected chi connectivity index (χ1v) is 7.82. The Morgan fingerprint density at radius 3 is 2.90 bits per heavy atom. The summed E-state index contributed by atoms with van der Waals surface area (Å²) in [4.78, 5) is 16.4. The van der Waals surface area contributed by atoms with Gasteiger partial charge in [0.2, 0.25) is 0 Å². The first kappa shape index (κ1) is 15.7. The molecule has 2 atom stereocenters. The maximum Gasteiger partial charge on any atom is 0.255 e. The van der Waals surface area contributed by atoms with Crippen molar-refractivity contribution in [2.24, 2.45) is 5.92 Å². The molecule has 0 spiro atoms. The summed E-state index contributed by atoms with van der Waals surface area (Å²) >= 11 is 0. The minimum Gasteiger partial charge on any atom is -0.370 e. The van der Waals surface area contributed by atoms with Gasteiger partial charge in [-0.3, -0.25) is 4.79 Å². The van der Waals surface area contributed by atoms with Gasteiger partial charge in [-0.1, -0.05) is 26.2 Å². The monoisotopic (exact) mass is 293 g/mol. The largest absolute Gasteiger partial charge is 0.370 e. The lowest BCUT2D eigenvalue weighted by Gasteiger charge is -2.23. The lowest BCUT2D eigenvalue weighted by molar-refractivity contribution is 0.0921. The van der Waals surface area contributed by atoms with E-state index in [4.69, 9.17) is 0 Å². The Hall–Kier alpha value is -1.65. The molecule has 5 heteroatoms. The third kappa shape index (κ3) is 4.16. The zero-order valence-electron chi connectivity index (χ0n) is 12.8. The SMILES string of the molecule is CCNc1ncc(F)cc1C(=O)NC1CCCCCC1C. The van der Waals surface area contributed by atoms with E-state index < -0.39 is 5.82 Å². The molecule has 1 aromatic rings. The molecular formula is C16H24FN3O. The molecule has 2 unspecified atom stereocenters. The molecule has 116 valence electrons. The van der Waals surface area contributed by atoms with Crippen molar-refractivity contribution in [1.82, 2.24) is 10.3 Å². The molecule has 1 aromatic heterocycles. The summed E-state index contributed by atoms with van der Waals surface area (Å²) in [6.07, 6.45) is 6.83. The second-order valence-electron chi connectivity index (χ2n) is 5.78. The van der Waals surface area contributed by atoms with Gasteiger partial charge < -0.3 is 10.6 Å². The van der Waals surface area contributed by atoms with Crippen LogP contribution in [-0.2, 0) is 0 Å². The van der Waals surface area contributed by atoms with Gasteiger partial charge in [0.25, 0.3) is 5.91 Å². The second-order valence-corrected chi connectivity index (χ2v) is 5.78. The number of amides is 1. The van der Waals surface area contributed by atoms with Gasteiger partial charge in [-0.05, 0) is 31.7 Å². The summed E-state index contributed by atoms with van der Waals surface area (Å²) < 4.78 is 13.4. The first-order chi connectivity index (χ1) is 10.1. The van der Waals surface area contributed by atoms with Gasteiger partial charge in [0.15, 0.2) is 0 Å². The van der Waals surface area contributed by atoms with Crippen LogP contribution in [0.1, 0.15) is 56.3 Å². The Bertz CT molecular complexity index is 492. The molecule has 21 heavy (non-hydrogen) atoms. The molecule has 1 saturated carbocycles. The number of hydrogen-bond donors (Lipinski definition) is 2. The average molecular weight is 293 g/mol. The lowest BCUT2D eigenvalue weighted by atomic mass is 9.96. The fourth-order valence-electron chi connectivity index (χ4n) is 2.87. The van der Waals surface area contributed by atoms with Gasteiger partial charge in [0.1, 0.15) is 11.6 Å². The van der Waals surface area contributed by atoms with Crippen LogP contribution in [0.3, 0.4) is 0 Å². The number of nitrogens with one attached hydrogen (secondary N) is 2. The molecule has 0 saturated heterocycles.